The van der Waals surface area contributed by atoms with Crippen LogP contribution in [-0.2, 0) is 9.53 Å². The molecule has 0 unspecified atom stereocenters. The van der Waals surface area contributed by atoms with Gasteiger partial charge in [0.25, 0.3) is 0 Å². The Hall–Kier alpha value is -0.340. The van der Waals surface area contributed by atoms with Gasteiger partial charge >= 0.3 is 0 Å². The molecule has 0 amide bonds. The molecule has 0 saturated heterocycles. The van der Waals surface area contributed by atoms with Gasteiger partial charge in [-0.1, -0.05) is 25.4 Å². The quantitative estimate of drug-likeness (QED) is 0.625. The monoisotopic (exact) mass is 364 g/mol. The molecule has 4 aliphatic rings. The number of ether oxygens (including phenoxy) is 1. The van der Waals surface area contributed by atoms with E-state index in [4.69, 9.17) is 16.3 Å². The van der Waals surface area contributed by atoms with Crippen molar-refractivity contribution in [2.75, 3.05) is 6.61 Å². The molecule has 3 fully saturated rings. The second-order valence-electron chi connectivity index (χ2n) is 9.45. The molecule has 25 heavy (non-hydrogen) atoms. The molecule has 0 aliphatic heterocycles. The van der Waals surface area contributed by atoms with Crippen molar-refractivity contribution < 1.29 is 9.53 Å². The molecule has 0 heterocycles. The van der Waals surface area contributed by atoms with Crippen LogP contribution in [-0.4, -0.2) is 18.0 Å². The molecular formula is C22H33ClO2. The SMILES string of the molecule is CCCO[C@@]1(C)CC[C@H]2[C@@H]3CCC4=C(Cl)C(=O)CC[C@@H]4[C@H]3CC[C@@]21C. The minimum Gasteiger partial charge on any atom is -0.375 e. The largest absolute Gasteiger partial charge is 0.375 e. The van der Waals surface area contributed by atoms with Gasteiger partial charge in [-0.2, -0.15) is 0 Å². The summed E-state index contributed by atoms with van der Waals surface area (Å²) in [6.45, 7) is 7.99. The third-order valence-corrected chi connectivity index (χ3v) is 9.02. The van der Waals surface area contributed by atoms with E-state index in [0.717, 1.165) is 43.6 Å². The van der Waals surface area contributed by atoms with Crippen molar-refractivity contribution in [1.29, 1.82) is 0 Å². The maximum atomic E-state index is 12.0. The molecule has 0 aromatic carbocycles. The highest BCUT2D eigenvalue weighted by Gasteiger charge is 2.61. The molecule has 0 bridgehead atoms. The van der Waals surface area contributed by atoms with Crippen LogP contribution in [0.3, 0.4) is 0 Å². The number of hydrogen-bond donors (Lipinski definition) is 0. The molecule has 0 aromatic heterocycles. The Bertz CT molecular complexity index is 597. The Kier molecular flexibility index (Phi) is 4.60. The molecule has 140 valence electrons. The first-order chi connectivity index (χ1) is 11.9. The summed E-state index contributed by atoms with van der Waals surface area (Å²) in [6, 6.07) is 0. The van der Waals surface area contributed by atoms with Crippen LogP contribution in [0.1, 0.15) is 78.6 Å². The Balaban J connectivity index is 1.60. The summed E-state index contributed by atoms with van der Waals surface area (Å²) in [5, 5.41) is 0.602. The van der Waals surface area contributed by atoms with E-state index in [9.17, 15) is 4.79 Å². The summed E-state index contributed by atoms with van der Waals surface area (Å²) in [4.78, 5) is 12.0. The van der Waals surface area contributed by atoms with E-state index < -0.39 is 0 Å². The fraction of sp³-hybridized carbons (Fsp3) is 0.864. The van der Waals surface area contributed by atoms with Crippen molar-refractivity contribution >= 4 is 17.4 Å². The van der Waals surface area contributed by atoms with Gasteiger partial charge in [-0.05, 0) is 93.0 Å². The fourth-order valence-electron chi connectivity index (χ4n) is 7.02. The van der Waals surface area contributed by atoms with Crippen LogP contribution in [0.25, 0.3) is 0 Å². The van der Waals surface area contributed by atoms with Crippen LogP contribution in [0.5, 0.6) is 0 Å². The van der Waals surface area contributed by atoms with Gasteiger partial charge in [-0.3, -0.25) is 4.79 Å². The number of ketones is 1. The number of carbonyl (C=O) groups is 1. The third kappa shape index (κ3) is 2.57. The van der Waals surface area contributed by atoms with Gasteiger partial charge in [-0.15, -0.1) is 0 Å². The van der Waals surface area contributed by atoms with Crippen molar-refractivity contribution in [3.8, 4) is 0 Å². The van der Waals surface area contributed by atoms with E-state index in [2.05, 4.69) is 20.8 Å². The number of allylic oxidation sites excluding steroid dienone is 1. The highest BCUT2D eigenvalue weighted by molar-refractivity contribution is 6.43. The molecule has 0 aromatic rings. The molecule has 0 radical (unpaired) electrons. The predicted octanol–water partition coefficient (Wildman–Crippen LogP) is 5.88. The van der Waals surface area contributed by atoms with Gasteiger partial charge in [0.1, 0.15) is 0 Å². The zero-order valence-electron chi connectivity index (χ0n) is 16.1. The number of halogens is 1. The summed E-state index contributed by atoms with van der Waals surface area (Å²) in [5.41, 5.74) is 1.68. The van der Waals surface area contributed by atoms with Crippen LogP contribution in [0, 0.1) is 29.1 Å². The highest BCUT2D eigenvalue weighted by atomic mass is 35.5. The minimum absolute atomic E-state index is 0.0505. The van der Waals surface area contributed by atoms with Crippen LogP contribution in [0.2, 0.25) is 0 Å². The Morgan fingerprint density at radius 3 is 2.64 bits per heavy atom. The van der Waals surface area contributed by atoms with Crippen LogP contribution < -0.4 is 0 Å². The minimum atomic E-state index is 0.0505. The van der Waals surface area contributed by atoms with Gasteiger partial charge in [0.05, 0.1) is 10.6 Å². The average molecular weight is 365 g/mol. The average Bonchev–Trinajstić information content (AvgIpc) is 2.88. The Morgan fingerprint density at radius 1 is 1.08 bits per heavy atom. The fourth-order valence-corrected chi connectivity index (χ4v) is 7.35. The van der Waals surface area contributed by atoms with E-state index in [1.165, 1.54) is 37.7 Å². The second kappa shape index (κ2) is 6.37. The first-order valence-corrected chi connectivity index (χ1v) is 10.8. The molecule has 4 rings (SSSR count). The lowest BCUT2D eigenvalue weighted by Crippen LogP contribution is -2.52. The summed E-state index contributed by atoms with van der Waals surface area (Å²) in [7, 11) is 0. The molecule has 3 heteroatoms. The summed E-state index contributed by atoms with van der Waals surface area (Å²) < 4.78 is 6.45. The van der Waals surface area contributed by atoms with Crippen LogP contribution in [0.15, 0.2) is 10.6 Å². The van der Waals surface area contributed by atoms with Crippen molar-refractivity contribution in [3.63, 3.8) is 0 Å². The zero-order chi connectivity index (χ0) is 17.8. The predicted molar refractivity (Wildman–Crippen MR) is 102 cm³/mol. The smallest absolute Gasteiger partial charge is 0.174 e. The molecule has 6 atom stereocenters. The first-order valence-electron chi connectivity index (χ1n) is 10.5. The van der Waals surface area contributed by atoms with E-state index in [0.29, 0.717) is 22.8 Å². The van der Waals surface area contributed by atoms with E-state index in [-0.39, 0.29) is 11.4 Å². The lowest BCUT2D eigenvalue weighted by Gasteiger charge is -2.56. The van der Waals surface area contributed by atoms with Crippen LogP contribution >= 0.6 is 11.6 Å². The van der Waals surface area contributed by atoms with Gasteiger partial charge in [-0.25, -0.2) is 0 Å². The van der Waals surface area contributed by atoms with Crippen molar-refractivity contribution in [2.24, 2.45) is 29.1 Å². The summed E-state index contributed by atoms with van der Waals surface area (Å²) >= 11 is 6.42. The van der Waals surface area contributed by atoms with Gasteiger partial charge in [0.2, 0.25) is 0 Å². The lowest BCUT2D eigenvalue weighted by molar-refractivity contribution is -0.143. The van der Waals surface area contributed by atoms with Gasteiger partial charge in [0, 0.05) is 13.0 Å². The summed E-state index contributed by atoms with van der Waals surface area (Å²) in [5.74, 6) is 3.10. The summed E-state index contributed by atoms with van der Waals surface area (Å²) in [6.07, 6.45) is 10.2. The number of hydrogen-bond acceptors (Lipinski definition) is 2. The van der Waals surface area contributed by atoms with Gasteiger partial charge in [0.15, 0.2) is 5.78 Å². The zero-order valence-corrected chi connectivity index (χ0v) is 16.8. The van der Waals surface area contributed by atoms with E-state index in [1.54, 1.807) is 0 Å². The molecule has 0 N–H and O–H groups in total. The van der Waals surface area contributed by atoms with Crippen molar-refractivity contribution in [1.82, 2.24) is 0 Å². The van der Waals surface area contributed by atoms with E-state index in [1.807, 2.05) is 0 Å². The van der Waals surface area contributed by atoms with Gasteiger partial charge < -0.3 is 4.74 Å². The molecule has 0 spiro atoms. The normalized spacial score (nSPS) is 46.6. The van der Waals surface area contributed by atoms with Crippen LogP contribution in [0.4, 0.5) is 0 Å². The van der Waals surface area contributed by atoms with Crippen molar-refractivity contribution in [2.45, 2.75) is 84.2 Å². The third-order valence-electron chi connectivity index (χ3n) is 8.57. The Morgan fingerprint density at radius 2 is 1.88 bits per heavy atom. The van der Waals surface area contributed by atoms with Crippen molar-refractivity contribution in [3.05, 3.63) is 10.6 Å². The highest BCUT2D eigenvalue weighted by Crippen LogP contribution is 2.65. The first kappa shape index (κ1) is 18.0. The number of Topliss-reactive ketones (excluding diaryl/α,β-unsaturated/α-hetero) is 1. The second-order valence-corrected chi connectivity index (χ2v) is 9.83. The topological polar surface area (TPSA) is 26.3 Å². The molecule has 3 saturated carbocycles. The maximum Gasteiger partial charge on any atom is 0.174 e. The number of fused-ring (bicyclic) bond motifs is 5. The molecule has 2 nitrogen and oxygen atoms in total. The Labute approximate surface area is 157 Å². The lowest BCUT2D eigenvalue weighted by atomic mass is 9.50. The molecular weight excluding hydrogens is 332 g/mol. The standard InChI is InChI=1S/C22H33ClO2/c1-4-13-25-22(3)12-10-18-16-5-6-17-14(7-8-19(24)20(17)23)15(16)9-11-21(18,22)2/h14-16,18H,4-13H2,1-3H3/t14-,15-,16-,18+,21+,22+/m1/s1. The van der Waals surface area contributed by atoms with E-state index >= 15 is 0 Å². The number of rotatable bonds is 3. The number of carbonyl (C=O) groups excluding carboxylic acids is 1. The molecule has 4 aliphatic carbocycles. The maximum absolute atomic E-state index is 12.0.